The summed E-state index contributed by atoms with van der Waals surface area (Å²) in [6, 6.07) is 14.2. The van der Waals surface area contributed by atoms with Gasteiger partial charge in [0.25, 0.3) is 0 Å². The van der Waals surface area contributed by atoms with E-state index in [4.69, 9.17) is 0 Å². The number of anilines is 3. The van der Waals surface area contributed by atoms with Crippen LogP contribution in [0.2, 0.25) is 0 Å². The maximum atomic E-state index is 13.0. The Morgan fingerprint density at radius 1 is 1.19 bits per heavy atom. The van der Waals surface area contributed by atoms with Crippen molar-refractivity contribution in [1.29, 1.82) is 0 Å². The molecule has 3 aromatic rings. The minimum Gasteiger partial charge on any atom is -0.332 e. The van der Waals surface area contributed by atoms with E-state index in [2.05, 4.69) is 16.4 Å². The lowest BCUT2D eigenvalue weighted by Gasteiger charge is -2.29. The Bertz CT molecular complexity index is 923. The van der Waals surface area contributed by atoms with Gasteiger partial charge in [0.15, 0.2) is 5.13 Å². The van der Waals surface area contributed by atoms with Gasteiger partial charge in [-0.3, -0.25) is 4.79 Å². The number of amides is 1. The highest BCUT2D eigenvalue weighted by molar-refractivity contribution is 7.13. The van der Waals surface area contributed by atoms with E-state index in [1.54, 1.807) is 12.1 Å². The number of hydrogen-bond acceptors (Lipinski definition) is 4. The molecule has 0 aliphatic carbocycles. The number of carbonyl (C=O) groups is 1. The zero-order valence-corrected chi connectivity index (χ0v) is 14.9. The van der Waals surface area contributed by atoms with Gasteiger partial charge in [-0.15, -0.1) is 11.3 Å². The number of nitrogens with zero attached hydrogens (tertiary/aromatic N) is 2. The SMILES string of the molecule is O=C(Cc1csc(Nc2ccc(F)cc2)n1)N1CCCc2ccccc21. The summed E-state index contributed by atoms with van der Waals surface area (Å²) >= 11 is 1.44. The van der Waals surface area contributed by atoms with E-state index in [0.29, 0.717) is 5.13 Å². The third-order valence-electron chi connectivity index (χ3n) is 4.39. The van der Waals surface area contributed by atoms with Crippen LogP contribution in [0.5, 0.6) is 0 Å². The molecule has 0 unspecified atom stereocenters. The maximum Gasteiger partial charge on any atom is 0.233 e. The van der Waals surface area contributed by atoms with Crippen LogP contribution in [0.15, 0.2) is 53.9 Å². The summed E-state index contributed by atoms with van der Waals surface area (Å²) in [5.74, 6) is -0.210. The Hall–Kier alpha value is -2.73. The Kier molecular flexibility index (Phi) is 4.67. The van der Waals surface area contributed by atoms with Crippen molar-refractivity contribution < 1.29 is 9.18 Å². The molecule has 0 fully saturated rings. The fourth-order valence-corrected chi connectivity index (χ4v) is 3.88. The predicted molar refractivity (Wildman–Crippen MR) is 103 cm³/mol. The second kappa shape index (κ2) is 7.25. The number of aromatic nitrogens is 1. The van der Waals surface area contributed by atoms with E-state index in [9.17, 15) is 9.18 Å². The summed E-state index contributed by atoms with van der Waals surface area (Å²) in [5.41, 5.74) is 3.75. The molecule has 132 valence electrons. The molecule has 2 heterocycles. The Labute approximate surface area is 155 Å². The molecule has 26 heavy (non-hydrogen) atoms. The molecule has 1 aliphatic heterocycles. The Morgan fingerprint density at radius 3 is 2.85 bits per heavy atom. The molecule has 0 bridgehead atoms. The van der Waals surface area contributed by atoms with Crippen molar-refractivity contribution in [2.45, 2.75) is 19.3 Å². The van der Waals surface area contributed by atoms with Crippen LogP contribution in [-0.2, 0) is 17.6 Å². The summed E-state index contributed by atoms with van der Waals surface area (Å²) < 4.78 is 13.0. The van der Waals surface area contributed by atoms with E-state index in [-0.39, 0.29) is 18.1 Å². The molecule has 2 aromatic carbocycles. The van der Waals surface area contributed by atoms with Crippen LogP contribution in [0.3, 0.4) is 0 Å². The van der Waals surface area contributed by atoms with Crippen LogP contribution < -0.4 is 10.2 Å². The van der Waals surface area contributed by atoms with Crippen molar-refractivity contribution in [2.24, 2.45) is 0 Å². The normalized spacial score (nSPS) is 13.3. The van der Waals surface area contributed by atoms with Crippen molar-refractivity contribution in [3.63, 3.8) is 0 Å². The van der Waals surface area contributed by atoms with Crippen molar-refractivity contribution in [3.05, 3.63) is 71.0 Å². The van der Waals surface area contributed by atoms with Crippen LogP contribution in [0.4, 0.5) is 20.9 Å². The molecule has 1 N–H and O–H groups in total. The van der Waals surface area contributed by atoms with Crippen molar-refractivity contribution in [3.8, 4) is 0 Å². The molecule has 0 atom stereocenters. The first-order valence-electron chi connectivity index (χ1n) is 8.54. The number of fused-ring (bicyclic) bond motifs is 1. The van der Waals surface area contributed by atoms with Crippen LogP contribution in [-0.4, -0.2) is 17.4 Å². The molecule has 0 radical (unpaired) electrons. The van der Waals surface area contributed by atoms with Gasteiger partial charge in [0.1, 0.15) is 5.82 Å². The monoisotopic (exact) mass is 367 g/mol. The third kappa shape index (κ3) is 3.60. The fourth-order valence-electron chi connectivity index (χ4n) is 3.15. The number of para-hydroxylation sites is 1. The average Bonchev–Trinajstić information content (AvgIpc) is 3.10. The van der Waals surface area contributed by atoms with Crippen molar-refractivity contribution in [1.82, 2.24) is 4.98 Å². The first kappa shape index (κ1) is 16.7. The van der Waals surface area contributed by atoms with Gasteiger partial charge in [-0.05, 0) is 48.7 Å². The van der Waals surface area contributed by atoms with Gasteiger partial charge >= 0.3 is 0 Å². The molecular weight excluding hydrogens is 349 g/mol. The molecule has 4 nitrogen and oxygen atoms in total. The number of aryl methyl sites for hydroxylation is 1. The van der Waals surface area contributed by atoms with Gasteiger partial charge in [0.2, 0.25) is 5.91 Å². The van der Waals surface area contributed by atoms with E-state index in [1.807, 2.05) is 28.5 Å². The number of nitrogens with one attached hydrogen (secondary N) is 1. The highest BCUT2D eigenvalue weighted by Gasteiger charge is 2.22. The maximum absolute atomic E-state index is 13.0. The number of thiazole rings is 1. The molecule has 0 saturated carbocycles. The molecule has 6 heteroatoms. The number of hydrogen-bond donors (Lipinski definition) is 1. The van der Waals surface area contributed by atoms with E-state index < -0.39 is 0 Å². The zero-order valence-electron chi connectivity index (χ0n) is 14.1. The minimum absolute atomic E-state index is 0.0655. The highest BCUT2D eigenvalue weighted by atomic mass is 32.1. The summed E-state index contributed by atoms with van der Waals surface area (Å²) in [4.78, 5) is 19.1. The standard InChI is InChI=1S/C20H18FN3OS/c21-15-7-9-16(10-8-15)22-20-23-17(13-26-20)12-19(25)24-11-3-5-14-4-1-2-6-18(14)24/h1-2,4,6-10,13H,3,5,11-12H2,(H,22,23). The smallest absolute Gasteiger partial charge is 0.233 e. The largest absolute Gasteiger partial charge is 0.332 e. The predicted octanol–water partition coefficient (Wildman–Crippen LogP) is 4.55. The van der Waals surface area contributed by atoms with Crippen LogP contribution >= 0.6 is 11.3 Å². The van der Waals surface area contributed by atoms with Gasteiger partial charge in [0.05, 0.1) is 12.1 Å². The number of rotatable bonds is 4. The summed E-state index contributed by atoms with van der Waals surface area (Å²) in [6.07, 6.45) is 2.27. The Morgan fingerprint density at radius 2 is 2.00 bits per heavy atom. The zero-order chi connectivity index (χ0) is 17.9. The average molecular weight is 367 g/mol. The van der Waals surface area contributed by atoms with Crippen LogP contribution in [0.25, 0.3) is 0 Å². The molecule has 1 aliphatic rings. The summed E-state index contributed by atoms with van der Waals surface area (Å²) in [6.45, 7) is 0.751. The molecule has 1 aromatic heterocycles. The highest BCUT2D eigenvalue weighted by Crippen LogP contribution is 2.28. The Balaban J connectivity index is 1.44. The number of halogens is 1. The fraction of sp³-hybridized carbons (Fsp3) is 0.200. The van der Waals surface area contributed by atoms with Crippen LogP contribution in [0.1, 0.15) is 17.7 Å². The topological polar surface area (TPSA) is 45.2 Å². The van der Waals surface area contributed by atoms with Gasteiger partial charge in [-0.1, -0.05) is 18.2 Å². The summed E-state index contributed by atoms with van der Waals surface area (Å²) in [7, 11) is 0. The van der Waals surface area contributed by atoms with Gasteiger partial charge < -0.3 is 10.2 Å². The molecular formula is C20H18FN3OS. The molecule has 0 saturated heterocycles. The lowest BCUT2D eigenvalue weighted by atomic mass is 10.0. The van der Waals surface area contributed by atoms with Crippen molar-refractivity contribution in [2.75, 3.05) is 16.8 Å². The van der Waals surface area contributed by atoms with Crippen LogP contribution in [0, 0.1) is 5.82 Å². The molecule has 0 spiro atoms. The second-order valence-electron chi connectivity index (χ2n) is 6.23. The molecule has 4 rings (SSSR count). The first-order chi connectivity index (χ1) is 12.7. The van der Waals surface area contributed by atoms with E-state index in [1.165, 1.54) is 29.0 Å². The lowest BCUT2D eigenvalue weighted by molar-refractivity contribution is -0.118. The lowest BCUT2D eigenvalue weighted by Crippen LogP contribution is -2.36. The number of carbonyl (C=O) groups excluding carboxylic acids is 1. The minimum atomic E-state index is -0.275. The quantitative estimate of drug-likeness (QED) is 0.736. The third-order valence-corrected chi connectivity index (χ3v) is 5.20. The van der Waals surface area contributed by atoms with E-state index in [0.717, 1.165) is 36.5 Å². The number of benzene rings is 2. The first-order valence-corrected chi connectivity index (χ1v) is 9.42. The molecule has 1 amide bonds. The van der Waals surface area contributed by atoms with E-state index >= 15 is 0 Å². The van der Waals surface area contributed by atoms with Gasteiger partial charge in [0, 0.05) is 23.3 Å². The van der Waals surface area contributed by atoms with Gasteiger partial charge in [-0.25, -0.2) is 9.37 Å². The second-order valence-corrected chi connectivity index (χ2v) is 7.09. The summed E-state index contributed by atoms with van der Waals surface area (Å²) in [5, 5.41) is 5.72. The van der Waals surface area contributed by atoms with Crippen molar-refractivity contribution >= 4 is 33.8 Å². The van der Waals surface area contributed by atoms with Gasteiger partial charge in [-0.2, -0.15) is 0 Å².